The van der Waals surface area contributed by atoms with Crippen LogP contribution in [0.1, 0.15) is 50.0 Å². The number of benzene rings is 3. The van der Waals surface area contributed by atoms with Crippen molar-refractivity contribution in [1.29, 1.82) is 31.6 Å². The molecule has 40 heavy (non-hydrogen) atoms. The zero-order chi connectivity index (χ0) is 29.8. The molecule has 3 rings (SSSR count). The summed E-state index contributed by atoms with van der Waals surface area (Å²) in [6, 6.07) is 26.6. The molecule has 3 aromatic carbocycles. The van der Waals surface area contributed by atoms with E-state index in [0.29, 0.717) is 34.4 Å². The SMILES string of the molecule is CC#N.CCS/C(C#N)=C(\C)Br.Cc1c(C#N)c(N)c2ccccc2c1C#N.N#CCc1ccccc1C#N.[H-].[Na+]. The van der Waals surface area contributed by atoms with Gasteiger partial charge >= 0.3 is 29.6 Å². The molecule has 0 aromatic heterocycles. The Morgan fingerprint density at radius 1 is 0.900 bits per heavy atom. The van der Waals surface area contributed by atoms with Gasteiger partial charge in [0.1, 0.15) is 18.2 Å². The molecule has 0 radical (unpaired) electrons. The van der Waals surface area contributed by atoms with Crippen molar-refractivity contribution in [2.45, 2.75) is 34.1 Å². The van der Waals surface area contributed by atoms with E-state index < -0.39 is 0 Å². The van der Waals surface area contributed by atoms with Crippen molar-refractivity contribution in [3.63, 3.8) is 0 Å². The van der Waals surface area contributed by atoms with Gasteiger partial charge in [-0.2, -0.15) is 31.6 Å². The van der Waals surface area contributed by atoms with Gasteiger partial charge in [-0.3, -0.25) is 0 Å². The van der Waals surface area contributed by atoms with Crippen LogP contribution in [0.25, 0.3) is 10.8 Å². The van der Waals surface area contributed by atoms with Crippen LogP contribution in [0.3, 0.4) is 0 Å². The second-order valence-electron chi connectivity index (χ2n) is 7.29. The Hall–Kier alpha value is -3.77. The van der Waals surface area contributed by atoms with Gasteiger partial charge < -0.3 is 7.16 Å². The average Bonchev–Trinajstić information content (AvgIpc) is 2.94. The number of nitrogens with zero attached hydrogens (tertiary/aromatic N) is 6. The van der Waals surface area contributed by atoms with Crippen molar-refractivity contribution < 1.29 is 31.0 Å². The number of halogens is 1. The number of anilines is 1. The zero-order valence-electron chi connectivity index (χ0n) is 24.1. The van der Waals surface area contributed by atoms with Gasteiger partial charge in [-0.15, -0.1) is 11.8 Å². The van der Waals surface area contributed by atoms with Crippen LogP contribution in [0.5, 0.6) is 0 Å². The standard InChI is InChI=1S/C13H9N3.C9H6N2.C6H8BrNS.C2H3N.Na.H/c1-8-11(6-14)9-4-2-3-5-10(9)13(16)12(8)7-15;10-6-5-8-3-1-2-4-9(8)7-11;1-3-9-6(4-8)5(2)7;1-2-3;;/h2-5H,16H2,1H3;1-4H,5H2;3H2,1-2H3;1H3;;/q;;;;+1;-1/b;;6-5+;;;. The van der Waals surface area contributed by atoms with Gasteiger partial charge in [0.2, 0.25) is 0 Å². The van der Waals surface area contributed by atoms with E-state index in [0.717, 1.165) is 31.5 Å². The molecule has 0 atom stereocenters. The number of rotatable bonds is 3. The molecule has 0 aliphatic rings. The zero-order valence-corrected chi connectivity index (χ0v) is 27.5. The Morgan fingerprint density at radius 3 is 1.85 bits per heavy atom. The normalized spacial score (nSPS) is 9.07. The Bertz CT molecular complexity index is 1580. The van der Waals surface area contributed by atoms with Crippen molar-refractivity contribution in [3.05, 3.63) is 85.7 Å². The molecule has 0 saturated heterocycles. The molecule has 0 spiro atoms. The van der Waals surface area contributed by atoms with E-state index in [9.17, 15) is 0 Å². The van der Waals surface area contributed by atoms with Crippen LogP contribution in [0.2, 0.25) is 0 Å². The summed E-state index contributed by atoms with van der Waals surface area (Å²) in [5, 5.41) is 52.5. The Balaban J connectivity index is -0.000000513. The smallest absolute Gasteiger partial charge is 1.00 e. The first-order valence-electron chi connectivity index (χ1n) is 11.4. The van der Waals surface area contributed by atoms with E-state index in [1.807, 2.05) is 56.3 Å². The number of nitrogen functional groups attached to an aromatic ring is 1. The molecule has 7 nitrogen and oxygen atoms in total. The van der Waals surface area contributed by atoms with Crippen LogP contribution in [-0.4, -0.2) is 5.75 Å². The van der Waals surface area contributed by atoms with Gasteiger partial charge in [0.15, 0.2) is 0 Å². The third-order valence-corrected chi connectivity index (χ3v) is 6.47. The van der Waals surface area contributed by atoms with Crippen LogP contribution in [0, 0.1) is 74.9 Å². The second kappa shape index (κ2) is 22.1. The first kappa shape index (κ1) is 38.4. The van der Waals surface area contributed by atoms with E-state index in [2.05, 4.69) is 34.1 Å². The number of nitriles is 6. The molecular weight excluding hydrogens is 593 g/mol. The molecule has 196 valence electrons. The first-order valence-corrected chi connectivity index (χ1v) is 13.2. The van der Waals surface area contributed by atoms with Crippen molar-refractivity contribution in [1.82, 2.24) is 0 Å². The molecular formula is C30H27BrN7NaS. The minimum absolute atomic E-state index is 0. The summed E-state index contributed by atoms with van der Waals surface area (Å²) in [5.74, 6) is 0.950. The van der Waals surface area contributed by atoms with Crippen LogP contribution in [0.15, 0.2) is 57.9 Å². The predicted molar refractivity (Wildman–Crippen MR) is 161 cm³/mol. The van der Waals surface area contributed by atoms with Crippen molar-refractivity contribution in [3.8, 4) is 36.4 Å². The number of thioether (sulfide) groups is 1. The van der Waals surface area contributed by atoms with Gasteiger partial charge in [-0.05, 0) is 36.8 Å². The molecule has 0 aliphatic heterocycles. The van der Waals surface area contributed by atoms with E-state index >= 15 is 0 Å². The number of fused-ring (bicyclic) bond motifs is 1. The third kappa shape index (κ3) is 12.0. The summed E-state index contributed by atoms with van der Waals surface area (Å²) in [6.07, 6.45) is 0.309. The minimum Gasteiger partial charge on any atom is -1.00 e. The summed E-state index contributed by atoms with van der Waals surface area (Å²) in [5.41, 5.74) is 9.35. The maximum Gasteiger partial charge on any atom is 1.00 e. The van der Waals surface area contributed by atoms with Crippen molar-refractivity contribution in [2.24, 2.45) is 0 Å². The summed E-state index contributed by atoms with van der Waals surface area (Å²) in [4.78, 5) is 0.775. The van der Waals surface area contributed by atoms with Crippen LogP contribution < -0.4 is 35.3 Å². The van der Waals surface area contributed by atoms with Crippen LogP contribution in [0.4, 0.5) is 5.69 Å². The molecule has 0 bridgehead atoms. The molecule has 0 heterocycles. The van der Waals surface area contributed by atoms with E-state index in [4.69, 9.17) is 37.3 Å². The first-order chi connectivity index (χ1) is 18.7. The maximum absolute atomic E-state index is 9.13. The molecule has 0 unspecified atom stereocenters. The summed E-state index contributed by atoms with van der Waals surface area (Å²) in [7, 11) is 0. The minimum atomic E-state index is 0. The number of allylic oxidation sites excluding steroid dienone is 2. The Morgan fingerprint density at radius 2 is 1.43 bits per heavy atom. The molecule has 0 fully saturated rings. The van der Waals surface area contributed by atoms with Crippen molar-refractivity contribution in [2.75, 3.05) is 11.5 Å². The predicted octanol–water partition coefficient (Wildman–Crippen LogP) is 4.63. The largest absolute Gasteiger partial charge is 1.00 e. The fourth-order valence-electron chi connectivity index (χ4n) is 3.11. The van der Waals surface area contributed by atoms with E-state index in [-0.39, 0.29) is 31.0 Å². The molecule has 0 aliphatic carbocycles. The average molecular weight is 621 g/mol. The van der Waals surface area contributed by atoms with Gasteiger partial charge in [-0.1, -0.05) is 65.3 Å². The number of hydrogen-bond donors (Lipinski definition) is 1. The topological polar surface area (TPSA) is 169 Å². The Kier molecular flexibility index (Phi) is 21.2. The van der Waals surface area contributed by atoms with Crippen LogP contribution in [-0.2, 0) is 6.42 Å². The van der Waals surface area contributed by atoms with Crippen molar-refractivity contribution >= 4 is 44.2 Å². The fourth-order valence-corrected chi connectivity index (χ4v) is 4.09. The van der Waals surface area contributed by atoms with Gasteiger partial charge in [0.25, 0.3) is 0 Å². The maximum atomic E-state index is 9.13. The molecule has 10 heteroatoms. The van der Waals surface area contributed by atoms with E-state index in [1.54, 1.807) is 43.0 Å². The van der Waals surface area contributed by atoms with Gasteiger partial charge in [0, 0.05) is 22.2 Å². The molecule has 0 saturated carbocycles. The van der Waals surface area contributed by atoms with Gasteiger partial charge in [0.05, 0.1) is 51.9 Å². The monoisotopic (exact) mass is 619 g/mol. The third-order valence-electron chi connectivity index (χ3n) is 4.84. The summed E-state index contributed by atoms with van der Waals surface area (Å²) in [6.45, 7) is 7.08. The fraction of sp³-hybridized carbons (Fsp3) is 0.200. The number of hydrogen-bond acceptors (Lipinski definition) is 8. The molecule has 2 N–H and O–H groups in total. The number of nitrogens with two attached hydrogens (primary N) is 1. The quantitative estimate of drug-likeness (QED) is 0.251. The van der Waals surface area contributed by atoms with Crippen LogP contribution >= 0.6 is 27.7 Å². The summed E-state index contributed by atoms with van der Waals surface area (Å²) < 4.78 is 0.928. The summed E-state index contributed by atoms with van der Waals surface area (Å²) >= 11 is 4.79. The van der Waals surface area contributed by atoms with E-state index in [1.165, 1.54) is 6.92 Å². The second-order valence-corrected chi connectivity index (χ2v) is 9.76. The molecule has 0 amide bonds. The Labute approximate surface area is 272 Å². The van der Waals surface area contributed by atoms with Gasteiger partial charge in [-0.25, -0.2) is 0 Å². The molecule has 3 aromatic rings.